The molecule has 1 heterocycles. The van der Waals surface area contributed by atoms with Crippen molar-refractivity contribution < 1.29 is 19.7 Å². The lowest BCUT2D eigenvalue weighted by molar-refractivity contribution is -0.140. The Morgan fingerprint density at radius 2 is 1.90 bits per heavy atom. The number of nitrogens with one attached hydrogen (secondary N) is 2. The van der Waals surface area contributed by atoms with E-state index < -0.39 is 6.35 Å². The Kier molecular flexibility index (Phi) is 8.47. The molecule has 4 N–H and O–H groups in total. The number of aliphatic hydroxyl groups excluding tert-OH is 2. The second-order valence-corrected chi connectivity index (χ2v) is 8.45. The largest absolute Gasteiger partial charge is 0.497 e. The summed E-state index contributed by atoms with van der Waals surface area (Å²) in [7, 11) is 3.63. The van der Waals surface area contributed by atoms with Gasteiger partial charge in [0.25, 0.3) is 0 Å². The molecule has 30 heavy (non-hydrogen) atoms. The van der Waals surface area contributed by atoms with Gasteiger partial charge in [0.05, 0.1) is 19.8 Å². The van der Waals surface area contributed by atoms with E-state index in [0.717, 1.165) is 50.1 Å². The van der Waals surface area contributed by atoms with Gasteiger partial charge in [-0.15, -0.1) is 0 Å². The monoisotopic (exact) mass is 420 g/mol. The van der Waals surface area contributed by atoms with Crippen LogP contribution in [0.4, 0.5) is 0 Å². The van der Waals surface area contributed by atoms with E-state index >= 15 is 0 Å². The van der Waals surface area contributed by atoms with Crippen LogP contribution in [0.1, 0.15) is 31.2 Å². The molecule has 3 rings (SSSR count). The number of likely N-dealkylation sites (N-methyl/N-ethyl adjacent to an activating group) is 1. The number of hydrogen-bond donors (Lipinski definition) is 4. The molecule has 8 nitrogen and oxygen atoms in total. The third-order valence-electron chi connectivity index (χ3n) is 6.43. The number of ether oxygens (including phenoxy) is 1. The molecular formula is C22H36N4O4. The van der Waals surface area contributed by atoms with E-state index in [1.54, 1.807) is 7.11 Å². The lowest BCUT2D eigenvalue weighted by atomic mass is 9.85. The summed E-state index contributed by atoms with van der Waals surface area (Å²) in [6.45, 7) is 2.79. The normalized spacial score (nSPS) is 26.4. The fourth-order valence-corrected chi connectivity index (χ4v) is 4.35. The maximum absolute atomic E-state index is 12.9. The minimum Gasteiger partial charge on any atom is -0.497 e. The smallest absolute Gasteiger partial charge is 0.225 e. The van der Waals surface area contributed by atoms with Crippen molar-refractivity contribution in [3.63, 3.8) is 0 Å². The molecule has 2 atom stereocenters. The van der Waals surface area contributed by atoms with Gasteiger partial charge in [-0.2, -0.15) is 0 Å². The molecule has 1 amide bonds. The maximum atomic E-state index is 12.9. The number of aliphatic hydroxyl groups is 2. The summed E-state index contributed by atoms with van der Waals surface area (Å²) in [6.07, 6.45) is 2.62. The summed E-state index contributed by atoms with van der Waals surface area (Å²) in [5, 5.41) is 26.1. The first-order valence-corrected chi connectivity index (χ1v) is 10.9. The molecule has 0 spiro atoms. The average molecular weight is 421 g/mol. The first-order chi connectivity index (χ1) is 14.5. The van der Waals surface area contributed by atoms with Crippen LogP contribution in [-0.2, 0) is 11.3 Å². The highest BCUT2D eigenvalue weighted by atomic mass is 16.5. The van der Waals surface area contributed by atoms with Crippen molar-refractivity contribution in [3.8, 4) is 5.75 Å². The second-order valence-electron chi connectivity index (χ2n) is 8.45. The van der Waals surface area contributed by atoms with Crippen molar-refractivity contribution in [2.24, 2.45) is 5.92 Å². The van der Waals surface area contributed by atoms with Crippen molar-refractivity contribution >= 4 is 5.91 Å². The van der Waals surface area contributed by atoms with Crippen LogP contribution < -0.4 is 15.4 Å². The van der Waals surface area contributed by atoms with Gasteiger partial charge in [-0.1, -0.05) is 12.1 Å². The van der Waals surface area contributed by atoms with Crippen molar-refractivity contribution in [1.82, 2.24) is 20.4 Å². The molecule has 1 saturated carbocycles. The summed E-state index contributed by atoms with van der Waals surface area (Å²) < 4.78 is 5.15. The van der Waals surface area contributed by atoms with Gasteiger partial charge >= 0.3 is 0 Å². The topological polar surface area (TPSA) is 97.3 Å². The first kappa shape index (κ1) is 23.0. The zero-order chi connectivity index (χ0) is 21.5. The summed E-state index contributed by atoms with van der Waals surface area (Å²) >= 11 is 0. The number of hydrogen-bond acceptors (Lipinski definition) is 7. The Hall–Kier alpha value is -1.71. The minimum atomic E-state index is -0.785. The summed E-state index contributed by atoms with van der Waals surface area (Å²) in [4.78, 5) is 16.9. The van der Waals surface area contributed by atoms with E-state index in [0.29, 0.717) is 13.1 Å². The first-order valence-electron chi connectivity index (χ1n) is 10.9. The molecular weight excluding hydrogens is 384 g/mol. The molecule has 2 fully saturated rings. The molecule has 1 aliphatic carbocycles. The number of carbonyl (C=O) groups excluding carboxylic acids is 1. The standard InChI is InChI=1S/C22H36N4O4/c1-25-11-12-26(14-19(25)15-27)21(28)17-5-7-18(8-6-17)24-22(29)23-13-16-3-9-20(30-2)10-4-16/h3-4,9-10,17-19,22-24,27,29H,5-8,11-15H2,1-2H3. The molecule has 1 aromatic carbocycles. The molecule has 8 heteroatoms. The lowest BCUT2D eigenvalue weighted by Gasteiger charge is -2.41. The SMILES string of the molecule is COc1ccc(CNC(O)NC2CCC(C(=O)N3CCN(C)C(CO)C3)CC2)cc1. The Balaban J connectivity index is 1.37. The van der Waals surface area contributed by atoms with E-state index in [1.165, 1.54) is 0 Å². The van der Waals surface area contributed by atoms with E-state index in [9.17, 15) is 15.0 Å². The number of methoxy groups -OCH3 is 1. The molecule has 168 valence electrons. The maximum Gasteiger partial charge on any atom is 0.225 e. The average Bonchev–Trinajstić information content (AvgIpc) is 2.78. The predicted molar refractivity (Wildman–Crippen MR) is 115 cm³/mol. The molecule has 1 saturated heterocycles. The predicted octanol–water partition coefficient (Wildman–Crippen LogP) is 0.344. The van der Waals surface area contributed by atoms with Crippen LogP contribution in [-0.4, -0.2) is 84.8 Å². The number of amides is 1. The lowest BCUT2D eigenvalue weighted by Crippen LogP contribution is -2.56. The van der Waals surface area contributed by atoms with Gasteiger partial charge in [0.1, 0.15) is 5.75 Å². The number of piperazine rings is 1. The van der Waals surface area contributed by atoms with Crippen LogP contribution in [0.3, 0.4) is 0 Å². The highest BCUT2D eigenvalue weighted by Crippen LogP contribution is 2.27. The van der Waals surface area contributed by atoms with Gasteiger partial charge in [0.2, 0.25) is 5.91 Å². The third-order valence-corrected chi connectivity index (χ3v) is 6.43. The Labute approximate surface area is 179 Å². The molecule has 1 aliphatic heterocycles. The Bertz CT molecular complexity index is 664. The minimum absolute atomic E-state index is 0.0348. The van der Waals surface area contributed by atoms with Crippen molar-refractivity contribution in [1.29, 1.82) is 0 Å². The van der Waals surface area contributed by atoms with E-state index in [4.69, 9.17) is 4.74 Å². The van der Waals surface area contributed by atoms with Crippen LogP contribution in [0.5, 0.6) is 5.75 Å². The van der Waals surface area contributed by atoms with E-state index in [1.807, 2.05) is 36.2 Å². The van der Waals surface area contributed by atoms with Gasteiger partial charge in [0.15, 0.2) is 6.35 Å². The van der Waals surface area contributed by atoms with Crippen LogP contribution in [0.15, 0.2) is 24.3 Å². The van der Waals surface area contributed by atoms with Crippen LogP contribution in [0.25, 0.3) is 0 Å². The molecule has 2 unspecified atom stereocenters. The van der Waals surface area contributed by atoms with Crippen LogP contribution >= 0.6 is 0 Å². The third kappa shape index (κ3) is 6.15. The molecule has 0 bridgehead atoms. The van der Waals surface area contributed by atoms with Gasteiger partial charge in [-0.3, -0.25) is 20.3 Å². The second kappa shape index (κ2) is 11.1. The van der Waals surface area contributed by atoms with E-state index in [2.05, 4.69) is 15.5 Å². The van der Waals surface area contributed by atoms with Gasteiger partial charge in [-0.05, 0) is 50.4 Å². The summed E-state index contributed by atoms with van der Waals surface area (Å²) in [5.41, 5.74) is 1.07. The zero-order valence-electron chi connectivity index (χ0n) is 18.1. The summed E-state index contributed by atoms with van der Waals surface area (Å²) in [6, 6.07) is 7.97. The number of nitrogens with zero attached hydrogens (tertiary/aromatic N) is 2. The van der Waals surface area contributed by atoms with Crippen molar-refractivity contribution in [2.75, 3.05) is 40.4 Å². The van der Waals surface area contributed by atoms with Crippen LogP contribution in [0.2, 0.25) is 0 Å². The highest BCUT2D eigenvalue weighted by Gasteiger charge is 2.33. The van der Waals surface area contributed by atoms with Gasteiger partial charge < -0.3 is 19.8 Å². The molecule has 1 aromatic rings. The molecule has 2 aliphatic rings. The number of carbonyl (C=O) groups is 1. The fraction of sp³-hybridized carbons (Fsp3) is 0.682. The zero-order valence-corrected chi connectivity index (χ0v) is 18.1. The van der Waals surface area contributed by atoms with Crippen molar-refractivity contribution in [3.05, 3.63) is 29.8 Å². The Morgan fingerprint density at radius 1 is 1.20 bits per heavy atom. The quantitative estimate of drug-likeness (QED) is 0.451. The highest BCUT2D eigenvalue weighted by molar-refractivity contribution is 5.79. The number of benzene rings is 1. The van der Waals surface area contributed by atoms with E-state index in [-0.39, 0.29) is 30.5 Å². The van der Waals surface area contributed by atoms with Gasteiger partial charge in [0, 0.05) is 38.1 Å². The fourth-order valence-electron chi connectivity index (χ4n) is 4.35. The molecule has 0 radical (unpaired) electrons. The summed E-state index contributed by atoms with van der Waals surface area (Å²) in [5.74, 6) is 1.08. The number of rotatable bonds is 8. The molecule has 0 aromatic heterocycles. The Morgan fingerprint density at radius 3 is 2.53 bits per heavy atom. The van der Waals surface area contributed by atoms with Gasteiger partial charge in [-0.25, -0.2) is 0 Å². The van der Waals surface area contributed by atoms with Crippen molar-refractivity contribution in [2.45, 2.75) is 50.7 Å². The van der Waals surface area contributed by atoms with Crippen LogP contribution in [0, 0.1) is 5.92 Å².